The minimum absolute atomic E-state index is 0.0545. The van der Waals surface area contributed by atoms with Crippen LogP contribution in [0.25, 0.3) is 0 Å². The molecule has 0 aromatic heterocycles. The van der Waals surface area contributed by atoms with Crippen LogP contribution in [0.5, 0.6) is 5.75 Å². The highest BCUT2D eigenvalue weighted by Gasteiger charge is 2.28. The van der Waals surface area contributed by atoms with Gasteiger partial charge in [-0.1, -0.05) is 0 Å². The summed E-state index contributed by atoms with van der Waals surface area (Å²) in [7, 11) is 0. The van der Waals surface area contributed by atoms with Crippen LogP contribution >= 0.6 is 0 Å². The zero-order valence-electron chi connectivity index (χ0n) is 13.9. The second-order valence-corrected chi connectivity index (χ2v) is 6.60. The van der Waals surface area contributed by atoms with E-state index in [1.807, 2.05) is 20.8 Å². The molecule has 1 heterocycles. The minimum Gasteiger partial charge on any atom is -0.489 e. The van der Waals surface area contributed by atoms with Gasteiger partial charge in [-0.3, -0.25) is 4.79 Å². The summed E-state index contributed by atoms with van der Waals surface area (Å²) in [6.07, 6.45) is 2.07. The summed E-state index contributed by atoms with van der Waals surface area (Å²) in [6, 6.07) is 7.16. The van der Waals surface area contributed by atoms with E-state index in [9.17, 15) is 9.59 Å². The van der Waals surface area contributed by atoms with Gasteiger partial charge < -0.3 is 19.7 Å². The van der Waals surface area contributed by atoms with E-state index in [0.29, 0.717) is 25.2 Å². The maximum absolute atomic E-state index is 12.1. The molecule has 1 atom stereocenters. The lowest BCUT2D eigenvalue weighted by Gasteiger charge is -2.34. The molecule has 0 aliphatic carbocycles. The van der Waals surface area contributed by atoms with Crippen LogP contribution in [-0.4, -0.2) is 42.2 Å². The van der Waals surface area contributed by atoms with Crippen LogP contribution in [0.2, 0.25) is 0 Å². The highest BCUT2D eigenvalue weighted by atomic mass is 16.6. The summed E-state index contributed by atoms with van der Waals surface area (Å²) in [5.74, 6) is 0.720. The highest BCUT2D eigenvalue weighted by Crippen LogP contribution is 2.21. The quantitative estimate of drug-likeness (QED) is 0.866. The van der Waals surface area contributed by atoms with E-state index in [0.717, 1.165) is 18.6 Å². The molecule has 1 unspecified atom stereocenters. The fourth-order valence-electron chi connectivity index (χ4n) is 2.42. The molecule has 2 rings (SSSR count). The summed E-state index contributed by atoms with van der Waals surface area (Å²) < 4.78 is 11.3. The third-order valence-corrected chi connectivity index (χ3v) is 3.41. The maximum atomic E-state index is 12.1. The van der Waals surface area contributed by atoms with Crippen molar-refractivity contribution in [2.75, 3.05) is 18.4 Å². The topological polar surface area (TPSA) is 67.9 Å². The summed E-state index contributed by atoms with van der Waals surface area (Å²) in [5, 5.41) is 2.58. The van der Waals surface area contributed by atoms with Gasteiger partial charge in [0, 0.05) is 12.2 Å². The number of rotatable bonds is 4. The van der Waals surface area contributed by atoms with Crippen molar-refractivity contribution in [1.82, 2.24) is 4.90 Å². The molecule has 1 aliphatic heterocycles. The molecular formula is C17H24N2O4. The molecule has 6 nitrogen and oxygen atoms in total. The number of piperidine rings is 1. The van der Waals surface area contributed by atoms with E-state index in [-0.39, 0.29) is 12.2 Å². The summed E-state index contributed by atoms with van der Waals surface area (Å²) in [6.45, 7) is 6.79. The number of carbonyl (C=O) groups is 2. The Morgan fingerprint density at radius 3 is 2.61 bits per heavy atom. The second kappa shape index (κ2) is 7.35. The van der Waals surface area contributed by atoms with Crippen LogP contribution in [0.1, 0.15) is 33.6 Å². The Bertz CT molecular complexity index is 537. The van der Waals surface area contributed by atoms with Gasteiger partial charge >= 0.3 is 6.09 Å². The fraction of sp³-hybridized carbons (Fsp3) is 0.529. The van der Waals surface area contributed by atoms with Crippen molar-refractivity contribution in [3.63, 3.8) is 0 Å². The van der Waals surface area contributed by atoms with Crippen molar-refractivity contribution in [2.24, 2.45) is 0 Å². The number of nitrogens with one attached hydrogen (secondary N) is 1. The van der Waals surface area contributed by atoms with E-state index >= 15 is 0 Å². The van der Waals surface area contributed by atoms with Gasteiger partial charge in [-0.05, 0) is 57.9 Å². The molecule has 1 fully saturated rings. The van der Waals surface area contributed by atoms with Gasteiger partial charge in [0.1, 0.15) is 17.5 Å². The van der Waals surface area contributed by atoms with Crippen molar-refractivity contribution < 1.29 is 19.1 Å². The zero-order chi connectivity index (χ0) is 16.9. The molecule has 6 heteroatoms. The first-order chi connectivity index (χ1) is 10.9. The molecule has 1 N–H and O–H groups in total. The molecule has 1 aromatic rings. The highest BCUT2D eigenvalue weighted by molar-refractivity contribution is 5.71. The number of likely N-dealkylation sites (tertiary alicyclic amines) is 1. The van der Waals surface area contributed by atoms with E-state index < -0.39 is 5.60 Å². The maximum Gasteiger partial charge on any atom is 0.410 e. The van der Waals surface area contributed by atoms with Crippen LogP contribution < -0.4 is 10.1 Å². The van der Waals surface area contributed by atoms with Gasteiger partial charge in [0.2, 0.25) is 6.41 Å². The number of anilines is 1. The predicted octanol–water partition coefficient (Wildman–Crippen LogP) is 3.03. The van der Waals surface area contributed by atoms with Crippen molar-refractivity contribution in [3.8, 4) is 5.75 Å². The lowest BCUT2D eigenvalue weighted by atomic mass is 10.1. The lowest BCUT2D eigenvalue weighted by molar-refractivity contribution is -0.105. The van der Waals surface area contributed by atoms with Crippen molar-refractivity contribution in [3.05, 3.63) is 24.3 Å². The second-order valence-electron chi connectivity index (χ2n) is 6.60. The van der Waals surface area contributed by atoms with Crippen LogP contribution in [-0.2, 0) is 9.53 Å². The first-order valence-corrected chi connectivity index (χ1v) is 7.82. The average molecular weight is 320 g/mol. The van der Waals surface area contributed by atoms with Crippen molar-refractivity contribution in [1.29, 1.82) is 0 Å². The molecule has 126 valence electrons. The van der Waals surface area contributed by atoms with Crippen LogP contribution in [0.3, 0.4) is 0 Å². The zero-order valence-corrected chi connectivity index (χ0v) is 13.9. The van der Waals surface area contributed by atoms with Gasteiger partial charge in [-0.25, -0.2) is 4.79 Å². The number of hydrogen-bond donors (Lipinski definition) is 1. The van der Waals surface area contributed by atoms with Crippen LogP contribution in [0.4, 0.5) is 10.5 Å². The number of nitrogens with zero attached hydrogens (tertiary/aromatic N) is 1. The summed E-state index contributed by atoms with van der Waals surface area (Å²) >= 11 is 0. The van der Waals surface area contributed by atoms with E-state index in [1.54, 1.807) is 29.2 Å². The van der Waals surface area contributed by atoms with E-state index in [4.69, 9.17) is 9.47 Å². The molecule has 1 aromatic carbocycles. The Morgan fingerprint density at radius 2 is 2.00 bits per heavy atom. The molecule has 0 radical (unpaired) electrons. The molecule has 0 spiro atoms. The number of carbonyl (C=O) groups excluding carboxylic acids is 2. The molecule has 1 aliphatic rings. The van der Waals surface area contributed by atoms with Crippen LogP contribution in [0, 0.1) is 0 Å². The first kappa shape index (κ1) is 17.1. The van der Waals surface area contributed by atoms with Crippen molar-refractivity contribution in [2.45, 2.75) is 45.3 Å². The monoisotopic (exact) mass is 320 g/mol. The molecule has 23 heavy (non-hydrogen) atoms. The Kier molecular flexibility index (Phi) is 5.47. The summed E-state index contributed by atoms with van der Waals surface area (Å²) in [4.78, 5) is 24.2. The molecule has 2 amide bonds. The Labute approximate surface area is 136 Å². The van der Waals surface area contributed by atoms with Gasteiger partial charge in [0.15, 0.2) is 0 Å². The largest absolute Gasteiger partial charge is 0.489 e. The van der Waals surface area contributed by atoms with Gasteiger partial charge in [0.05, 0.1) is 6.54 Å². The number of benzene rings is 1. The smallest absolute Gasteiger partial charge is 0.410 e. The average Bonchev–Trinajstić information content (AvgIpc) is 2.48. The van der Waals surface area contributed by atoms with E-state index in [1.165, 1.54) is 0 Å². The summed E-state index contributed by atoms with van der Waals surface area (Å²) in [5.41, 5.74) is 0.220. The normalized spacial score (nSPS) is 18.2. The third kappa shape index (κ3) is 5.47. The number of ether oxygens (including phenoxy) is 2. The van der Waals surface area contributed by atoms with Crippen LogP contribution in [0.15, 0.2) is 24.3 Å². The Morgan fingerprint density at radius 1 is 1.30 bits per heavy atom. The Balaban J connectivity index is 1.90. The third-order valence-electron chi connectivity index (χ3n) is 3.41. The molecule has 1 saturated heterocycles. The number of hydrogen-bond acceptors (Lipinski definition) is 4. The first-order valence-electron chi connectivity index (χ1n) is 7.82. The lowest BCUT2D eigenvalue weighted by Crippen LogP contribution is -2.46. The Hall–Kier alpha value is -2.24. The van der Waals surface area contributed by atoms with E-state index in [2.05, 4.69) is 5.32 Å². The fourth-order valence-corrected chi connectivity index (χ4v) is 2.42. The minimum atomic E-state index is -0.494. The predicted molar refractivity (Wildman–Crippen MR) is 87.6 cm³/mol. The van der Waals surface area contributed by atoms with Gasteiger partial charge in [-0.2, -0.15) is 0 Å². The van der Waals surface area contributed by atoms with Gasteiger partial charge in [-0.15, -0.1) is 0 Å². The number of amides is 2. The standard InChI is InChI=1S/C17H24N2O4/c1-17(2,3)23-16(21)19-10-4-5-15(11-19)22-14-8-6-13(7-9-14)18-12-20/h6-9,12,15H,4-5,10-11H2,1-3H3,(H,18,20). The SMILES string of the molecule is CC(C)(C)OC(=O)N1CCCC(Oc2ccc(NC=O)cc2)C1. The van der Waals surface area contributed by atoms with Crippen molar-refractivity contribution >= 4 is 18.2 Å². The van der Waals surface area contributed by atoms with Gasteiger partial charge in [0.25, 0.3) is 0 Å². The molecule has 0 bridgehead atoms. The molecular weight excluding hydrogens is 296 g/mol. The molecule has 0 saturated carbocycles.